The number of rotatable bonds is 8. The highest BCUT2D eigenvalue weighted by Gasteiger charge is 2.20. The summed E-state index contributed by atoms with van der Waals surface area (Å²) >= 11 is 0. The Hall–Kier alpha value is -3.13. The van der Waals surface area contributed by atoms with Crippen molar-refractivity contribution >= 4 is 32.4 Å². The van der Waals surface area contributed by atoms with Crippen molar-refractivity contribution in [1.29, 1.82) is 0 Å². The molecule has 0 saturated heterocycles. The van der Waals surface area contributed by atoms with Crippen LogP contribution in [0.5, 0.6) is 5.75 Å². The first-order valence-corrected chi connectivity index (χ1v) is 10.8. The SMILES string of the molecule is CS(=O)(=O)N(CC(=O)NCCOc1cccc2ccccc12)c1ccc(F)cc1. The van der Waals surface area contributed by atoms with Gasteiger partial charge in [-0.2, -0.15) is 0 Å². The van der Waals surface area contributed by atoms with Gasteiger partial charge in [0.1, 0.15) is 24.7 Å². The van der Waals surface area contributed by atoms with Gasteiger partial charge >= 0.3 is 0 Å². The highest BCUT2D eigenvalue weighted by atomic mass is 32.2. The number of carbonyl (C=O) groups is 1. The maximum atomic E-state index is 13.1. The minimum Gasteiger partial charge on any atom is -0.491 e. The van der Waals surface area contributed by atoms with Crippen molar-refractivity contribution in [2.75, 3.05) is 30.3 Å². The number of benzene rings is 3. The second-order valence-corrected chi connectivity index (χ2v) is 8.33. The van der Waals surface area contributed by atoms with Crippen LogP contribution < -0.4 is 14.4 Å². The second kappa shape index (κ2) is 8.91. The molecule has 0 radical (unpaired) electrons. The molecule has 0 fully saturated rings. The zero-order valence-corrected chi connectivity index (χ0v) is 16.7. The van der Waals surface area contributed by atoms with Gasteiger partial charge in [-0.25, -0.2) is 12.8 Å². The van der Waals surface area contributed by atoms with Crippen molar-refractivity contribution < 1.29 is 22.3 Å². The lowest BCUT2D eigenvalue weighted by molar-refractivity contribution is -0.119. The molecule has 3 aromatic rings. The first kappa shape index (κ1) is 20.6. The Labute approximate surface area is 169 Å². The summed E-state index contributed by atoms with van der Waals surface area (Å²) in [6.45, 7) is 0.0387. The van der Waals surface area contributed by atoms with Gasteiger partial charge in [-0.1, -0.05) is 36.4 Å². The predicted molar refractivity (Wildman–Crippen MR) is 111 cm³/mol. The summed E-state index contributed by atoms with van der Waals surface area (Å²) in [6.07, 6.45) is 0.993. The van der Waals surface area contributed by atoms with Crippen LogP contribution in [-0.4, -0.2) is 40.3 Å². The summed E-state index contributed by atoms with van der Waals surface area (Å²) in [6, 6.07) is 18.4. The molecular weight excluding hydrogens is 395 g/mol. The molecule has 3 rings (SSSR count). The van der Waals surface area contributed by atoms with Crippen molar-refractivity contribution in [3.05, 3.63) is 72.5 Å². The van der Waals surface area contributed by atoms with E-state index in [1.807, 2.05) is 42.5 Å². The van der Waals surface area contributed by atoms with Gasteiger partial charge in [0.2, 0.25) is 15.9 Å². The summed E-state index contributed by atoms with van der Waals surface area (Å²) in [7, 11) is -3.70. The maximum absolute atomic E-state index is 13.1. The molecule has 29 heavy (non-hydrogen) atoms. The molecule has 0 bridgehead atoms. The van der Waals surface area contributed by atoms with E-state index in [4.69, 9.17) is 4.74 Å². The molecule has 1 amide bonds. The fraction of sp³-hybridized carbons (Fsp3) is 0.190. The molecule has 0 saturated carbocycles. The third kappa shape index (κ3) is 5.45. The van der Waals surface area contributed by atoms with Crippen LogP contribution in [0.3, 0.4) is 0 Å². The Balaban J connectivity index is 1.56. The van der Waals surface area contributed by atoms with Gasteiger partial charge in [0.05, 0.1) is 18.5 Å². The van der Waals surface area contributed by atoms with Gasteiger partial charge < -0.3 is 10.1 Å². The minimum atomic E-state index is -3.70. The zero-order chi connectivity index (χ0) is 20.9. The first-order valence-electron chi connectivity index (χ1n) is 8.95. The van der Waals surface area contributed by atoms with E-state index in [0.717, 1.165) is 33.5 Å². The molecule has 0 spiro atoms. The lowest BCUT2D eigenvalue weighted by Gasteiger charge is -2.21. The number of hydrogen-bond donors (Lipinski definition) is 1. The molecule has 8 heteroatoms. The van der Waals surface area contributed by atoms with E-state index in [1.165, 1.54) is 12.1 Å². The molecule has 1 N–H and O–H groups in total. The van der Waals surface area contributed by atoms with Gasteiger partial charge in [-0.3, -0.25) is 9.10 Å². The smallest absolute Gasteiger partial charge is 0.240 e. The number of nitrogens with one attached hydrogen (secondary N) is 1. The average molecular weight is 416 g/mol. The van der Waals surface area contributed by atoms with Gasteiger partial charge in [0, 0.05) is 5.39 Å². The van der Waals surface area contributed by atoms with Crippen molar-refractivity contribution in [3.8, 4) is 5.75 Å². The summed E-state index contributed by atoms with van der Waals surface area (Å²) in [4.78, 5) is 12.2. The first-order chi connectivity index (χ1) is 13.8. The lowest BCUT2D eigenvalue weighted by Crippen LogP contribution is -2.41. The van der Waals surface area contributed by atoms with Gasteiger partial charge in [-0.15, -0.1) is 0 Å². The van der Waals surface area contributed by atoms with Crippen molar-refractivity contribution in [1.82, 2.24) is 5.32 Å². The summed E-state index contributed by atoms with van der Waals surface area (Å²) < 4.78 is 43.8. The van der Waals surface area contributed by atoms with E-state index in [2.05, 4.69) is 5.32 Å². The Morgan fingerprint density at radius 1 is 1.03 bits per heavy atom. The number of fused-ring (bicyclic) bond motifs is 1. The molecule has 0 atom stereocenters. The third-order valence-corrected chi connectivity index (χ3v) is 5.37. The summed E-state index contributed by atoms with van der Waals surface area (Å²) in [5, 5.41) is 4.67. The monoisotopic (exact) mass is 416 g/mol. The molecular formula is C21H21FN2O4S. The van der Waals surface area contributed by atoms with Gasteiger partial charge in [0.15, 0.2) is 0 Å². The number of ether oxygens (including phenoxy) is 1. The average Bonchev–Trinajstić information content (AvgIpc) is 2.69. The van der Waals surface area contributed by atoms with Crippen LogP contribution in [0.25, 0.3) is 10.8 Å². The standard InChI is InChI=1S/C21H21FN2O4S/c1-29(26,27)24(18-11-9-17(22)10-12-18)15-21(25)23-13-14-28-20-8-4-6-16-5-2-3-7-19(16)20/h2-12H,13-15H2,1H3,(H,23,25). The third-order valence-electron chi connectivity index (χ3n) is 4.23. The fourth-order valence-electron chi connectivity index (χ4n) is 2.87. The van der Waals surface area contributed by atoms with Gasteiger partial charge in [-0.05, 0) is 35.7 Å². The van der Waals surface area contributed by atoms with Crippen LogP contribution in [0.4, 0.5) is 10.1 Å². The zero-order valence-electron chi connectivity index (χ0n) is 15.8. The number of hydrogen-bond acceptors (Lipinski definition) is 4. The van der Waals surface area contributed by atoms with Gasteiger partial charge in [0.25, 0.3) is 0 Å². The minimum absolute atomic E-state index is 0.211. The molecule has 6 nitrogen and oxygen atoms in total. The lowest BCUT2D eigenvalue weighted by atomic mass is 10.1. The van der Waals surface area contributed by atoms with Crippen LogP contribution in [0.2, 0.25) is 0 Å². The van der Waals surface area contributed by atoms with E-state index in [9.17, 15) is 17.6 Å². The highest BCUT2D eigenvalue weighted by molar-refractivity contribution is 7.92. The topological polar surface area (TPSA) is 75.7 Å². The van der Waals surface area contributed by atoms with Crippen molar-refractivity contribution in [3.63, 3.8) is 0 Å². The quantitative estimate of drug-likeness (QED) is 0.573. The number of sulfonamides is 1. The van der Waals surface area contributed by atoms with E-state index >= 15 is 0 Å². The Morgan fingerprint density at radius 2 is 1.72 bits per heavy atom. The second-order valence-electron chi connectivity index (χ2n) is 6.42. The van der Waals surface area contributed by atoms with Crippen molar-refractivity contribution in [2.24, 2.45) is 0 Å². The molecule has 3 aromatic carbocycles. The molecule has 0 heterocycles. The molecule has 0 unspecified atom stereocenters. The van der Waals surface area contributed by atoms with Crippen molar-refractivity contribution in [2.45, 2.75) is 0 Å². The number of carbonyl (C=O) groups excluding carboxylic acids is 1. The molecule has 0 aliphatic heterocycles. The summed E-state index contributed by atoms with van der Waals surface area (Å²) in [5.74, 6) is -0.264. The normalized spacial score (nSPS) is 11.2. The van der Waals surface area contributed by atoms with Crippen LogP contribution in [-0.2, 0) is 14.8 Å². The maximum Gasteiger partial charge on any atom is 0.240 e. The predicted octanol–water partition coefficient (Wildman–Crippen LogP) is 2.94. The number of halogens is 1. The largest absolute Gasteiger partial charge is 0.491 e. The number of anilines is 1. The van der Waals surface area contributed by atoms with E-state index < -0.39 is 28.3 Å². The van der Waals surface area contributed by atoms with Crippen LogP contribution in [0.15, 0.2) is 66.7 Å². The van der Waals surface area contributed by atoms with E-state index in [-0.39, 0.29) is 18.8 Å². The molecule has 0 aliphatic rings. The van der Waals surface area contributed by atoms with E-state index in [1.54, 1.807) is 0 Å². The van der Waals surface area contributed by atoms with Crippen LogP contribution in [0.1, 0.15) is 0 Å². The highest BCUT2D eigenvalue weighted by Crippen LogP contribution is 2.24. The van der Waals surface area contributed by atoms with Crippen LogP contribution >= 0.6 is 0 Å². The molecule has 0 aliphatic carbocycles. The number of nitrogens with zero attached hydrogens (tertiary/aromatic N) is 1. The fourth-order valence-corrected chi connectivity index (χ4v) is 3.72. The Morgan fingerprint density at radius 3 is 2.45 bits per heavy atom. The summed E-state index contributed by atoms with van der Waals surface area (Å²) in [5.41, 5.74) is 0.219. The molecule has 0 aromatic heterocycles. The Bertz CT molecular complexity index is 1100. The van der Waals surface area contributed by atoms with E-state index in [0.29, 0.717) is 5.75 Å². The number of amides is 1. The Kier molecular flexibility index (Phi) is 6.33. The van der Waals surface area contributed by atoms with Crippen LogP contribution in [0, 0.1) is 5.82 Å². The molecule has 152 valence electrons.